The average Bonchev–Trinajstić information content (AvgIpc) is 2.72. The van der Waals surface area contributed by atoms with Gasteiger partial charge in [-0.05, 0) is 56.8 Å². The smallest absolute Gasteiger partial charge is 0.258 e. The maximum Gasteiger partial charge on any atom is 0.258 e. The third-order valence-electron chi connectivity index (χ3n) is 5.30. The molecule has 0 bridgehead atoms. The third-order valence-corrected chi connectivity index (χ3v) is 6.68. The van der Waals surface area contributed by atoms with Gasteiger partial charge in [0.15, 0.2) is 0 Å². The number of nitrogens with zero attached hydrogens (tertiary/aromatic N) is 1. The lowest BCUT2D eigenvalue weighted by Gasteiger charge is -2.22. The second-order valence-corrected chi connectivity index (χ2v) is 8.61. The summed E-state index contributed by atoms with van der Waals surface area (Å²) < 4.78 is 11.4. The highest BCUT2D eigenvalue weighted by atomic mass is 32.2. The lowest BCUT2D eigenvalue weighted by atomic mass is 9.99. The van der Waals surface area contributed by atoms with Gasteiger partial charge in [0, 0.05) is 24.5 Å². The van der Waals surface area contributed by atoms with Crippen molar-refractivity contribution in [2.75, 3.05) is 32.9 Å². The second kappa shape index (κ2) is 9.08. The summed E-state index contributed by atoms with van der Waals surface area (Å²) in [5, 5.41) is 4.57. The average molecular weight is 390 g/mol. The Morgan fingerprint density at radius 2 is 2.00 bits per heavy atom. The summed E-state index contributed by atoms with van der Waals surface area (Å²) in [7, 11) is 0. The molecule has 3 heterocycles. The molecular formula is C20H27N3O3S. The summed E-state index contributed by atoms with van der Waals surface area (Å²) in [4.78, 5) is 20.0. The van der Waals surface area contributed by atoms with Gasteiger partial charge >= 0.3 is 0 Å². The minimum Gasteiger partial charge on any atom is -0.493 e. The van der Waals surface area contributed by atoms with Gasteiger partial charge in [-0.15, -0.1) is 0 Å². The van der Waals surface area contributed by atoms with Crippen molar-refractivity contribution < 1.29 is 9.47 Å². The molecule has 6 nitrogen and oxygen atoms in total. The van der Waals surface area contributed by atoms with Crippen LogP contribution >= 0.6 is 11.8 Å². The lowest BCUT2D eigenvalue weighted by Crippen LogP contribution is -2.30. The van der Waals surface area contributed by atoms with E-state index in [4.69, 9.17) is 9.47 Å². The van der Waals surface area contributed by atoms with Crippen LogP contribution in [0.4, 0.5) is 0 Å². The summed E-state index contributed by atoms with van der Waals surface area (Å²) in [6.07, 6.45) is 4.44. The molecule has 2 N–H and O–H groups in total. The van der Waals surface area contributed by atoms with Gasteiger partial charge in [0.25, 0.3) is 5.56 Å². The second-order valence-electron chi connectivity index (χ2n) is 7.32. The monoisotopic (exact) mass is 389 g/mol. The number of rotatable bonds is 6. The number of fused-ring (bicyclic) bond motifs is 1. The summed E-state index contributed by atoms with van der Waals surface area (Å²) in [6.45, 7) is 4.52. The van der Waals surface area contributed by atoms with Crippen molar-refractivity contribution in [2.45, 2.75) is 36.7 Å². The number of piperidine rings is 1. The number of nitrogens with one attached hydrogen (secondary N) is 2. The maximum atomic E-state index is 12.4. The summed E-state index contributed by atoms with van der Waals surface area (Å²) in [5.74, 6) is 2.85. The number of ether oxygens (including phenoxy) is 2. The fourth-order valence-corrected chi connectivity index (χ4v) is 4.68. The highest BCUT2D eigenvalue weighted by molar-refractivity contribution is 7.99. The van der Waals surface area contributed by atoms with Crippen LogP contribution in [0.3, 0.4) is 0 Å². The van der Waals surface area contributed by atoms with Gasteiger partial charge in [-0.25, -0.2) is 4.98 Å². The van der Waals surface area contributed by atoms with E-state index in [0.717, 1.165) is 75.9 Å². The maximum absolute atomic E-state index is 12.4. The molecule has 7 heteroatoms. The van der Waals surface area contributed by atoms with E-state index >= 15 is 0 Å². The van der Waals surface area contributed by atoms with Crippen LogP contribution in [0.5, 0.6) is 5.75 Å². The fraction of sp³-hybridized carbons (Fsp3) is 0.600. The van der Waals surface area contributed by atoms with Crippen LogP contribution in [-0.2, 0) is 10.5 Å². The van der Waals surface area contributed by atoms with E-state index in [2.05, 4.69) is 15.3 Å². The van der Waals surface area contributed by atoms with Gasteiger partial charge in [0.2, 0.25) is 0 Å². The number of H-pyrrole nitrogens is 1. The zero-order chi connectivity index (χ0) is 18.5. The Morgan fingerprint density at radius 3 is 2.81 bits per heavy atom. The van der Waals surface area contributed by atoms with E-state index in [0.29, 0.717) is 22.1 Å². The molecule has 146 valence electrons. The molecular weight excluding hydrogens is 362 g/mol. The minimum absolute atomic E-state index is 0.0764. The number of thioether (sulfide) groups is 1. The zero-order valence-electron chi connectivity index (χ0n) is 15.5. The normalized spacial score (nSPS) is 19.4. The number of hydrogen-bond acceptors (Lipinski definition) is 6. The van der Waals surface area contributed by atoms with E-state index < -0.39 is 0 Å². The van der Waals surface area contributed by atoms with E-state index in [9.17, 15) is 4.79 Å². The van der Waals surface area contributed by atoms with Crippen molar-refractivity contribution in [1.82, 2.24) is 15.3 Å². The molecule has 4 rings (SSSR count). The summed E-state index contributed by atoms with van der Waals surface area (Å²) in [6, 6.07) is 5.58. The quantitative estimate of drug-likeness (QED) is 0.791. The van der Waals surface area contributed by atoms with Crippen molar-refractivity contribution in [1.29, 1.82) is 0 Å². The van der Waals surface area contributed by atoms with Gasteiger partial charge < -0.3 is 19.8 Å². The molecule has 2 aliphatic rings. The van der Waals surface area contributed by atoms with Gasteiger partial charge in [-0.3, -0.25) is 4.79 Å². The first-order valence-corrected chi connectivity index (χ1v) is 10.9. The van der Waals surface area contributed by atoms with Crippen LogP contribution in [0.25, 0.3) is 10.9 Å². The number of hydrogen-bond donors (Lipinski definition) is 2. The minimum atomic E-state index is -0.0764. The first kappa shape index (κ1) is 18.8. The Labute approximate surface area is 163 Å². The van der Waals surface area contributed by atoms with E-state index in [1.54, 1.807) is 0 Å². The van der Waals surface area contributed by atoms with Gasteiger partial charge in [-0.1, -0.05) is 0 Å². The van der Waals surface area contributed by atoms with Crippen LogP contribution in [0.2, 0.25) is 0 Å². The largest absolute Gasteiger partial charge is 0.493 e. The Balaban J connectivity index is 1.43. The molecule has 0 unspecified atom stereocenters. The molecule has 0 atom stereocenters. The van der Waals surface area contributed by atoms with E-state index in [1.807, 2.05) is 30.0 Å². The highest BCUT2D eigenvalue weighted by Crippen LogP contribution is 2.25. The topological polar surface area (TPSA) is 76.2 Å². The summed E-state index contributed by atoms with van der Waals surface area (Å²) in [5.41, 5.74) is 0.636. The Kier molecular flexibility index (Phi) is 6.32. The number of aromatic nitrogens is 2. The van der Waals surface area contributed by atoms with E-state index in [1.165, 1.54) is 0 Å². The first-order valence-electron chi connectivity index (χ1n) is 9.84. The molecule has 27 heavy (non-hydrogen) atoms. The van der Waals surface area contributed by atoms with Crippen LogP contribution in [0, 0.1) is 5.92 Å². The van der Waals surface area contributed by atoms with Gasteiger partial charge in [0.05, 0.1) is 23.3 Å². The lowest BCUT2D eigenvalue weighted by molar-refractivity contribution is 0.1000. The summed E-state index contributed by atoms with van der Waals surface area (Å²) >= 11 is 1.85. The number of benzene rings is 1. The molecule has 2 aromatic rings. The fourth-order valence-electron chi connectivity index (χ4n) is 3.63. The van der Waals surface area contributed by atoms with Crippen molar-refractivity contribution in [2.24, 2.45) is 5.92 Å². The highest BCUT2D eigenvalue weighted by Gasteiger charge is 2.16. The van der Waals surface area contributed by atoms with Crippen LogP contribution < -0.4 is 15.6 Å². The Hall–Kier alpha value is -1.57. The van der Waals surface area contributed by atoms with Crippen molar-refractivity contribution >= 4 is 22.7 Å². The molecule has 1 aromatic carbocycles. The predicted molar refractivity (Wildman–Crippen MR) is 109 cm³/mol. The van der Waals surface area contributed by atoms with Gasteiger partial charge in [-0.2, -0.15) is 11.8 Å². The molecule has 2 saturated heterocycles. The Bertz CT molecular complexity index is 808. The standard InChI is InChI=1S/C20H27N3O3S/c24-20-17-2-1-15(26-12-14-3-7-21-8-4-14)11-18(17)22-19(23-20)13-27-16-5-9-25-10-6-16/h1-2,11,14,16,21H,3-10,12-13H2,(H,22,23,24). The number of aromatic amines is 1. The SMILES string of the molecule is O=c1[nH]c(CSC2CCOCC2)nc2cc(OCC3CCNCC3)ccc12. The molecule has 0 aliphatic carbocycles. The Morgan fingerprint density at radius 1 is 1.19 bits per heavy atom. The molecule has 2 aliphatic heterocycles. The molecule has 2 fully saturated rings. The molecule has 0 amide bonds. The van der Waals surface area contributed by atoms with Crippen LogP contribution in [-0.4, -0.2) is 48.1 Å². The van der Waals surface area contributed by atoms with Crippen LogP contribution in [0.15, 0.2) is 23.0 Å². The third kappa shape index (κ3) is 5.03. The van der Waals surface area contributed by atoms with Crippen LogP contribution in [0.1, 0.15) is 31.5 Å². The van der Waals surface area contributed by atoms with E-state index in [-0.39, 0.29) is 5.56 Å². The molecule has 0 radical (unpaired) electrons. The van der Waals surface area contributed by atoms with Crippen molar-refractivity contribution in [3.63, 3.8) is 0 Å². The first-order chi connectivity index (χ1) is 13.3. The van der Waals surface area contributed by atoms with Crippen molar-refractivity contribution in [3.8, 4) is 5.75 Å². The van der Waals surface area contributed by atoms with Gasteiger partial charge in [0.1, 0.15) is 11.6 Å². The molecule has 0 saturated carbocycles. The zero-order valence-corrected chi connectivity index (χ0v) is 16.4. The van der Waals surface area contributed by atoms with Crippen molar-refractivity contribution in [3.05, 3.63) is 34.4 Å². The predicted octanol–water partition coefficient (Wildman–Crippen LogP) is 2.71. The molecule has 0 spiro atoms. The molecule has 1 aromatic heterocycles.